The minimum Gasteiger partial charge on any atom is -0.508 e. The van der Waals surface area contributed by atoms with Gasteiger partial charge in [-0.3, -0.25) is 0 Å². The molecule has 4 nitrogen and oxygen atoms in total. The molecule has 0 radical (unpaired) electrons. The molecule has 5 heteroatoms. The molecule has 0 saturated carbocycles. The van der Waals surface area contributed by atoms with Gasteiger partial charge in [-0.2, -0.15) is 0 Å². The van der Waals surface area contributed by atoms with Crippen LogP contribution in [0.4, 0.5) is 0 Å². The second-order valence-electron chi connectivity index (χ2n) is 3.28. The number of thiazole rings is 1. The van der Waals surface area contributed by atoms with Crippen molar-refractivity contribution in [1.82, 2.24) is 4.98 Å². The summed E-state index contributed by atoms with van der Waals surface area (Å²) in [5.74, 6) is -0.888. The third kappa shape index (κ3) is 1.90. The quantitative estimate of drug-likeness (QED) is 0.839. The highest BCUT2D eigenvalue weighted by molar-refractivity contribution is 7.13. The first-order valence-electron chi connectivity index (χ1n) is 4.58. The number of rotatable bonds is 2. The normalized spacial score (nSPS) is 10.3. The molecule has 16 heavy (non-hydrogen) atoms. The minimum absolute atomic E-state index is 0.0656. The number of phenolic OH excluding ortho intramolecular Hbond substituents is 1. The summed E-state index contributed by atoms with van der Waals surface area (Å²) < 4.78 is 0. The summed E-state index contributed by atoms with van der Waals surface area (Å²) in [6, 6.07) is 6.61. The molecule has 2 rings (SSSR count). The minimum atomic E-state index is -1.03. The third-order valence-corrected chi connectivity index (χ3v) is 3.06. The van der Waals surface area contributed by atoms with E-state index in [0.717, 1.165) is 21.8 Å². The predicted molar refractivity (Wildman–Crippen MR) is 60.9 cm³/mol. The first-order chi connectivity index (χ1) is 7.58. The van der Waals surface area contributed by atoms with Crippen LogP contribution in [0.1, 0.15) is 14.7 Å². The fraction of sp³-hybridized carbons (Fsp3) is 0.0909. The highest BCUT2D eigenvalue weighted by Gasteiger charge is 2.14. The van der Waals surface area contributed by atoms with Crippen molar-refractivity contribution in [3.8, 4) is 17.0 Å². The maximum atomic E-state index is 10.8. The molecule has 82 valence electrons. The van der Waals surface area contributed by atoms with E-state index in [9.17, 15) is 9.90 Å². The summed E-state index contributed by atoms with van der Waals surface area (Å²) in [5.41, 5.74) is 1.33. The molecule has 0 aliphatic rings. The third-order valence-electron chi connectivity index (χ3n) is 2.10. The first-order valence-corrected chi connectivity index (χ1v) is 5.39. The Hall–Kier alpha value is -1.88. The maximum Gasteiger partial charge on any atom is 0.365 e. The van der Waals surface area contributed by atoms with Crippen LogP contribution in [0.25, 0.3) is 11.3 Å². The van der Waals surface area contributed by atoms with Crippen molar-refractivity contribution in [3.05, 3.63) is 34.2 Å². The summed E-state index contributed by atoms with van der Waals surface area (Å²) in [7, 11) is 0. The molecule has 1 aromatic carbocycles. The Bertz CT molecular complexity index is 548. The molecule has 0 aliphatic heterocycles. The Morgan fingerprint density at radius 2 is 2.19 bits per heavy atom. The molecular formula is C11H9NO3S. The highest BCUT2D eigenvalue weighted by atomic mass is 32.1. The van der Waals surface area contributed by atoms with Crippen LogP contribution in [0.3, 0.4) is 0 Å². The lowest BCUT2D eigenvalue weighted by Gasteiger charge is -1.98. The van der Waals surface area contributed by atoms with Gasteiger partial charge in [-0.25, -0.2) is 9.78 Å². The van der Waals surface area contributed by atoms with E-state index in [-0.39, 0.29) is 10.8 Å². The monoisotopic (exact) mass is 235 g/mol. The van der Waals surface area contributed by atoms with Gasteiger partial charge in [0.25, 0.3) is 0 Å². The second kappa shape index (κ2) is 3.94. The van der Waals surface area contributed by atoms with Gasteiger partial charge in [0.15, 0.2) is 0 Å². The molecule has 0 unspecified atom stereocenters. The Morgan fingerprint density at radius 3 is 2.75 bits per heavy atom. The van der Waals surface area contributed by atoms with E-state index in [4.69, 9.17) is 5.11 Å². The Morgan fingerprint density at radius 1 is 1.44 bits per heavy atom. The molecule has 1 aromatic heterocycles. The average Bonchev–Trinajstić information content (AvgIpc) is 2.60. The van der Waals surface area contributed by atoms with Crippen molar-refractivity contribution in [2.45, 2.75) is 6.92 Å². The summed E-state index contributed by atoms with van der Waals surface area (Å²) in [6.07, 6.45) is 0. The Kier molecular flexibility index (Phi) is 2.62. The number of aryl methyl sites for hydroxylation is 1. The van der Waals surface area contributed by atoms with Crippen molar-refractivity contribution in [2.75, 3.05) is 0 Å². The molecule has 2 aromatic rings. The van der Waals surface area contributed by atoms with Gasteiger partial charge in [-0.1, -0.05) is 12.1 Å². The largest absolute Gasteiger partial charge is 0.508 e. The Labute approximate surface area is 95.8 Å². The number of aromatic carboxylic acids is 1. The standard InChI is InChI=1S/C11H9NO3S/c1-6-9(12-10(16-6)11(14)15)7-3-2-4-8(13)5-7/h2-5,13H,1H3,(H,14,15). The van der Waals surface area contributed by atoms with Gasteiger partial charge in [0.05, 0.1) is 5.69 Å². The van der Waals surface area contributed by atoms with E-state index in [1.54, 1.807) is 24.3 Å². The molecule has 0 fully saturated rings. The van der Waals surface area contributed by atoms with Gasteiger partial charge in [0, 0.05) is 10.4 Å². The smallest absolute Gasteiger partial charge is 0.365 e. The van der Waals surface area contributed by atoms with Gasteiger partial charge in [0.1, 0.15) is 5.75 Å². The highest BCUT2D eigenvalue weighted by Crippen LogP contribution is 2.29. The summed E-state index contributed by atoms with van der Waals surface area (Å²) in [5, 5.41) is 18.2. The van der Waals surface area contributed by atoms with E-state index in [1.165, 1.54) is 0 Å². The van der Waals surface area contributed by atoms with Crippen LogP contribution >= 0.6 is 11.3 Å². The average molecular weight is 235 g/mol. The fourth-order valence-corrected chi connectivity index (χ4v) is 2.18. The lowest BCUT2D eigenvalue weighted by atomic mass is 10.1. The number of hydrogen-bond acceptors (Lipinski definition) is 4. The first kappa shape index (κ1) is 10.6. The van der Waals surface area contributed by atoms with Crippen LogP contribution in [0.5, 0.6) is 5.75 Å². The van der Waals surface area contributed by atoms with Crippen molar-refractivity contribution in [3.63, 3.8) is 0 Å². The van der Waals surface area contributed by atoms with Crippen LogP contribution in [-0.2, 0) is 0 Å². The molecule has 0 bridgehead atoms. The van der Waals surface area contributed by atoms with E-state index < -0.39 is 5.97 Å². The van der Waals surface area contributed by atoms with Crippen molar-refractivity contribution in [2.24, 2.45) is 0 Å². The van der Waals surface area contributed by atoms with Crippen LogP contribution < -0.4 is 0 Å². The van der Waals surface area contributed by atoms with Crippen molar-refractivity contribution < 1.29 is 15.0 Å². The molecule has 0 aliphatic carbocycles. The molecule has 0 atom stereocenters. The van der Waals surface area contributed by atoms with Crippen LogP contribution in [0, 0.1) is 6.92 Å². The number of carboxylic acid groups (broad SMARTS) is 1. The topological polar surface area (TPSA) is 70.4 Å². The van der Waals surface area contributed by atoms with Gasteiger partial charge in [0.2, 0.25) is 5.01 Å². The van der Waals surface area contributed by atoms with Crippen molar-refractivity contribution >= 4 is 17.3 Å². The van der Waals surface area contributed by atoms with E-state index in [1.807, 2.05) is 6.92 Å². The molecule has 0 spiro atoms. The van der Waals surface area contributed by atoms with Crippen LogP contribution in [0.2, 0.25) is 0 Å². The number of carbonyl (C=O) groups is 1. The zero-order valence-corrected chi connectivity index (χ0v) is 9.28. The van der Waals surface area contributed by atoms with Gasteiger partial charge in [-0.15, -0.1) is 11.3 Å². The number of benzene rings is 1. The SMILES string of the molecule is Cc1sc(C(=O)O)nc1-c1cccc(O)c1. The lowest BCUT2D eigenvalue weighted by molar-refractivity contribution is 0.0696. The number of nitrogens with zero attached hydrogens (tertiary/aromatic N) is 1. The second-order valence-corrected chi connectivity index (χ2v) is 4.48. The van der Waals surface area contributed by atoms with Crippen LogP contribution in [0.15, 0.2) is 24.3 Å². The number of phenols is 1. The lowest BCUT2D eigenvalue weighted by Crippen LogP contribution is -1.94. The van der Waals surface area contributed by atoms with E-state index in [0.29, 0.717) is 5.69 Å². The zero-order valence-electron chi connectivity index (χ0n) is 8.47. The molecule has 2 N–H and O–H groups in total. The molecule has 0 amide bonds. The van der Waals surface area contributed by atoms with E-state index >= 15 is 0 Å². The summed E-state index contributed by atoms with van der Waals surface area (Å²) >= 11 is 1.13. The van der Waals surface area contributed by atoms with E-state index in [2.05, 4.69) is 4.98 Å². The molecule has 1 heterocycles. The predicted octanol–water partition coefficient (Wildman–Crippen LogP) is 2.52. The fourth-order valence-electron chi connectivity index (χ4n) is 1.41. The van der Waals surface area contributed by atoms with Gasteiger partial charge < -0.3 is 10.2 Å². The number of hydrogen-bond donors (Lipinski definition) is 2. The number of aromatic nitrogens is 1. The summed E-state index contributed by atoms with van der Waals surface area (Å²) in [6.45, 7) is 1.81. The van der Waals surface area contributed by atoms with Gasteiger partial charge >= 0.3 is 5.97 Å². The maximum absolute atomic E-state index is 10.8. The Balaban J connectivity index is 2.52. The molecule has 0 saturated heterocycles. The number of aromatic hydroxyl groups is 1. The van der Waals surface area contributed by atoms with Crippen molar-refractivity contribution in [1.29, 1.82) is 0 Å². The number of carboxylic acids is 1. The van der Waals surface area contributed by atoms with Crippen LogP contribution in [-0.4, -0.2) is 21.2 Å². The van der Waals surface area contributed by atoms with Gasteiger partial charge in [-0.05, 0) is 19.1 Å². The zero-order chi connectivity index (χ0) is 11.7. The molecular weight excluding hydrogens is 226 g/mol. The summed E-state index contributed by atoms with van der Waals surface area (Å²) in [4.78, 5) is 15.6.